The number of ether oxygens (including phenoxy) is 3. The number of nitrogens with zero attached hydrogens (tertiary/aromatic N) is 1. The van der Waals surface area contributed by atoms with Crippen LogP contribution >= 0.6 is 0 Å². The van der Waals surface area contributed by atoms with Crippen molar-refractivity contribution in [2.24, 2.45) is 0 Å². The molecule has 3 aliphatic rings. The molecule has 1 amide bonds. The van der Waals surface area contributed by atoms with Gasteiger partial charge in [-0.25, -0.2) is 0 Å². The summed E-state index contributed by atoms with van der Waals surface area (Å²) < 4.78 is 18.2. The summed E-state index contributed by atoms with van der Waals surface area (Å²) in [7, 11) is 0. The van der Waals surface area contributed by atoms with Gasteiger partial charge >= 0.3 is 5.97 Å². The van der Waals surface area contributed by atoms with E-state index in [4.69, 9.17) is 14.2 Å². The SMILES string of the molecule is Cc1cc(OCC(=O)N2CCCC2)cc(C)c1-c1cccc2c1CCC2Oc1ccc2c(c1)OC[C@H]2CC(=O)O. The molecule has 1 fully saturated rings. The van der Waals surface area contributed by atoms with Gasteiger partial charge < -0.3 is 24.2 Å². The smallest absolute Gasteiger partial charge is 0.304 e. The van der Waals surface area contributed by atoms with Crippen LogP contribution in [0.3, 0.4) is 0 Å². The molecule has 0 bridgehead atoms. The van der Waals surface area contributed by atoms with Crippen molar-refractivity contribution in [1.82, 2.24) is 4.90 Å². The minimum atomic E-state index is -0.819. The summed E-state index contributed by atoms with van der Waals surface area (Å²) in [4.78, 5) is 25.5. The first kappa shape index (κ1) is 26.2. The zero-order valence-corrected chi connectivity index (χ0v) is 23.1. The van der Waals surface area contributed by atoms with Crippen molar-refractivity contribution in [3.05, 3.63) is 76.3 Å². The number of hydrogen-bond acceptors (Lipinski definition) is 5. The number of benzene rings is 3. The maximum Gasteiger partial charge on any atom is 0.304 e. The Labute approximate surface area is 234 Å². The van der Waals surface area contributed by atoms with E-state index in [1.54, 1.807) is 0 Å². The number of likely N-dealkylation sites (tertiary alicyclic amines) is 1. The molecule has 7 heteroatoms. The molecule has 1 aliphatic carbocycles. The second-order valence-corrected chi connectivity index (χ2v) is 11.1. The lowest BCUT2D eigenvalue weighted by atomic mass is 9.90. The van der Waals surface area contributed by atoms with Crippen LogP contribution in [0.2, 0.25) is 0 Å². The van der Waals surface area contributed by atoms with Crippen molar-refractivity contribution in [2.75, 3.05) is 26.3 Å². The van der Waals surface area contributed by atoms with Crippen LogP contribution < -0.4 is 14.2 Å². The molecule has 208 valence electrons. The van der Waals surface area contributed by atoms with Crippen molar-refractivity contribution in [2.45, 2.75) is 58.0 Å². The number of aliphatic carboxylic acids is 1. The molecule has 40 heavy (non-hydrogen) atoms. The van der Waals surface area contributed by atoms with Gasteiger partial charge in [0.2, 0.25) is 0 Å². The minimum absolute atomic E-state index is 0.0545. The van der Waals surface area contributed by atoms with Crippen LogP contribution in [0.15, 0.2) is 48.5 Å². The van der Waals surface area contributed by atoms with Crippen molar-refractivity contribution in [3.8, 4) is 28.4 Å². The van der Waals surface area contributed by atoms with E-state index in [9.17, 15) is 14.7 Å². The molecule has 6 rings (SSSR count). The summed E-state index contributed by atoms with van der Waals surface area (Å²) in [6.45, 7) is 6.32. The summed E-state index contributed by atoms with van der Waals surface area (Å²) in [5.41, 5.74) is 8.08. The van der Waals surface area contributed by atoms with Gasteiger partial charge in [-0.05, 0) is 91.1 Å². The van der Waals surface area contributed by atoms with Crippen molar-refractivity contribution in [1.29, 1.82) is 0 Å². The molecule has 7 nitrogen and oxygen atoms in total. The number of fused-ring (bicyclic) bond motifs is 2. The van der Waals surface area contributed by atoms with Crippen LogP contribution in [-0.4, -0.2) is 48.2 Å². The number of aryl methyl sites for hydroxylation is 2. The number of carboxylic acid groups (broad SMARTS) is 1. The summed E-state index contributed by atoms with van der Waals surface area (Å²) in [6.07, 6.45) is 3.94. The summed E-state index contributed by atoms with van der Waals surface area (Å²) >= 11 is 0. The van der Waals surface area contributed by atoms with Crippen LogP contribution in [0, 0.1) is 13.8 Å². The molecule has 2 atom stereocenters. The maximum atomic E-state index is 12.4. The second-order valence-electron chi connectivity index (χ2n) is 11.1. The Morgan fingerprint density at radius 2 is 1.77 bits per heavy atom. The average molecular weight is 542 g/mol. The van der Waals surface area contributed by atoms with Crippen molar-refractivity contribution >= 4 is 11.9 Å². The molecule has 3 aromatic rings. The zero-order valence-electron chi connectivity index (χ0n) is 23.1. The van der Waals surface area contributed by atoms with E-state index >= 15 is 0 Å². The first-order valence-corrected chi connectivity index (χ1v) is 14.2. The molecule has 2 aliphatic heterocycles. The molecule has 0 spiro atoms. The summed E-state index contributed by atoms with van der Waals surface area (Å²) in [5, 5.41) is 9.17. The fourth-order valence-corrected chi connectivity index (χ4v) is 6.48. The molecule has 1 unspecified atom stereocenters. The third kappa shape index (κ3) is 5.12. The molecule has 3 aromatic carbocycles. The zero-order chi connectivity index (χ0) is 27.8. The van der Waals surface area contributed by atoms with Gasteiger partial charge in [-0.3, -0.25) is 9.59 Å². The Balaban J connectivity index is 1.19. The van der Waals surface area contributed by atoms with E-state index in [1.807, 2.05) is 35.2 Å². The van der Waals surface area contributed by atoms with E-state index in [0.717, 1.165) is 67.0 Å². The molecule has 1 N–H and O–H groups in total. The Bertz CT molecular complexity index is 1430. The largest absolute Gasteiger partial charge is 0.492 e. The quantitative estimate of drug-likeness (QED) is 0.377. The Morgan fingerprint density at radius 1 is 1.00 bits per heavy atom. The van der Waals surface area contributed by atoms with Gasteiger partial charge in [-0.1, -0.05) is 24.3 Å². The predicted molar refractivity (Wildman–Crippen MR) is 151 cm³/mol. The summed E-state index contributed by atoms with van der Waals surface area (Å²) in [6, 6.07) is 16.2. The van der Waals surface area contributed by atoms with E-state index in [0.29, 0.717) is 12.4 Å². The highest BCUT2D eigenvalue weighted by atomic mass is 16.5. The van der Waals surface area contributed by atoms with Gasteiger partial charge in [-0.15, -0.1) is 0 Å². The van der Waals surface area contributed by atoms with Crippen molar-refractivity contribution in [3.63, 3.8) is 0 Å². The first-order valence-electron chi connectivity index (χ1n) is 14.2. The van der Waals surface area contributed by atoms with E-state index in [2.05, 4.69) is 32.0 Å². The first-order chi connectivity index (χ1) is 19.4. The second kappa shape index (κ2) is 10.9. The van der Waals surface area contributed by atoms with E-state index in [-0.39, 0.29) is 31.0 Å². The monoisotopic (exact) mass is 541 g/mol. The van der Waals surface area contributed by atoms with Gasteiger partial charge in [-0.2, -0.15) is 0 Å². The highest BCUT2D eigenvalue weighted by Crippen LogP contribution is 2.44. The van der Waals surface area contributed by atoms with Gasteiger partial charge in [0.1, 0.15) is 23.4 Å². The number of carbonyl (C=O) groups excluding carboxylic acids is 1. The average Bonchev–Trinajstić information content (AvgIpc) is 3.68. The van der Waals surface area contributed by atoms with E-state index in [1.165, 1.54) is 22.3 Å². The van der Waals surface area contributed by atoms with Gasteiger partial charge in [0.15, 0.2) is 6.61 Å². The van der Waals surface area contributed by atoms with Crippen LogP contribution in [0.1, 0.15) is 65.5 Å². The molecule has 1 saturated heterocycles. The number of amides is 1. The van der Waals surface area contributed by atoms with Crippen LogP contribution in [-0.2, 0) is 16.0 Å². The highest BCUT2D eigenvalue weighted by molar-refractivity contribution is 5.79. The van der Waals surface area contributed by atoms with Gasteiger partial charge in [0.25, 0.3) is 5.91 Å². The molecule has 0 radical (unpaired) electrons. The molecule has 0 aromatic heterocycles. The van der Waals surface area contributed by atoms with Crippen LogP contribution in [0.4, 0.5) is 0 Å². The maximum absolute atomic E-state index is 12.4. The highest BCUT2D eigenvalue weighted by Gasteiger charge is 2.30. The molecule has 2 heterocycles. The topological polar surface area (TPSA) is 85.3 Å². The normalized spacial score (nSPS) is 19.2. The number of rotatable bonds is 8. The molecule has 0 saturated carbocycles. The fraction of sp³-hybridized carbons (Fsp3) is 0.394. The standard InChI is InChI=1S/C33H35NO6/c1-20-14-24(38-19-31(35)34-12-3-4-13-34)15-21(2)33(20)28-7-5-6-27-26(28)10-11-29(27)40-23-8-9-25-22(16-32(36)37)18-39-30(25)17-23/h5-9,14-15,17,22,29H,3-4,10-13,16,18-19H2,1-2H3,(H,36,37)/t22-,29?/m1/s1. The minimum Gasteiger partial charge on any atom is -0.492 e. The Hall–Kier alpha value is -4.00. The van der Waals surface area contributed by atoms with Crippen molar-refractivity contribution < 1.29 is 28.9 Å². The Morgan fingerprint density at radius 3 is 2.52 bits per heavy atom. The number of carbonyl (C=O) groups is 2. The van der Waals surface area contributed by atoms with E-state index < -0.39 is 5.97 Å². The van der Waals surface area contributed by atoms with Gasteiger partial charge in [0, 0.05) is 30.6 Å². The number of carboxylic acids is 1. The summed E-state index contributed by atoms with van der Waals surface area (Å²) in [5.74, 6) is 1.29. The molecular weight excluding hydrogens is 506 g/mol. The van der Waals surface area contributed by atoms with Crippen LogP contribution in [0.5, 0.6) is 17.2 Å². The Kier molecular flexibility index (Phi) is 7.13. The third-order valence-corrected chi connectivity index (χ3v) is 8.38. The lowest BCUT2D eigenvalue weighted by Gasteiger charge is -2.19. The molecular formula is C33H35NO6. The van der Waals surface area contributed by atoms with Gasteiger partial charge in [0.05, 0.1) is 13.0 Å². The predicted octanol–water partition coefficient (Wildman–Crippen LogP) is 5.99. The van der Waals surface area contributed by atoms with Crippen LogP contribution in [0.25, 0.3) is 11.1 Å². The number of hydrogen-bond donors (Lipinski definition) is 1. The lowest BCUT2D eigenvalue weighted by Crippen LogP contribution is -2.32. The third-order valence-electron chi connectivity index (χ3n) is 8.38. The fourth-order valence-electron chi connectivity index (χ4n) is 6.48. The lowest BCUT2D eigenvalue weighted by molar-refractivity contribution is -0.137.